The highest BCUT2D eigenvalue weighted by molar-refractivity contribution is 7.89. The van der Waals surface area contributed by atoms with Gasteiger partial charge in [0.25, 0.3) is 11.8 Å². The van der Waals surface area contributed by atoms with Gasteiger partial charge in [0.15, 0.2) is 11.5 Å². The van der Waals surface area contributed by atoms with Gasteiger partial charge < -0.3 is 35.1 Å². The van der Waals surface area contributed by atoms with Gasteiger partial charge in [0.2, 0.25) is 21.8 Å². The van der Waals surface area contributed by atoms with Crippen LogP contribution in [0, 0.1) is 11.7 Å². The largest absolute Gasteiger partial charge is 0.496 e. The van der Waals surface area contributed by atoms with Crippen molar-refractivity contribution in [3.8, 4) is 23.0 Å². The summed E-state index contributed by atoms with van der Waals surface area (Å²) in [5.74, 6) is -2.76. The van der Waals surface area contributed by atoms with E-state index in [0.29, 0.717) is 29.2 Å². The van der Waals surface area contributed by atoms with E-state index in [1.165, 1.54) is 20.3 Å². The Bertz CT molecular complexity index is 1870. The highest BCUT2D eigenvalue weighted by Crippen LogP contribution is 2.37. The van der Waals surface area contributed by atoms with Crippen molar-refractivity contribution in [1.29, 1.82) is 0 Å². The number of halogens is 1. The van der Waals surface area contributed by atoms with Crippen molar-refractivity contribution in [3.05, 3.63) is 77.1 Å². The normalized spacial score (nSPS) is 16.7. The SMILES string of the molecule is COc1ccc2cc1Oc1cccc(OC)c1CNC(=O)[C@@H](C(C)C)NC(=O)CN(C(=O)c1cc(S(N)(=O)=O)ccc1F)CCCCNC2=O. The summed E-state index contributed by atoms with van der Waals surface area (Å²) in [4.78, 5) is 54.1. The number of carbonyl (C=O) groups is 4. The van der Waals surface area contributed by atoms with Gasteiger partial charge in [0.05, 0.1) is 43.3 Å². The van der Waals surface area contributed by atoms with Gasteiger partial charge in [-0.25, -0.2) is 17.9 Å². The molecule has 0 spiro atoms. The molecule has 1 aliphatic heterocycles. The monoisotopic (exact) mass is 713 g/mol. The molecule has 1 aliphatic rings. The van der Waals surface area contributed by atoms with Gasteiger partial charge in [-0.2, -0.15) is 0 Å². The molecule has 0 aromatic heterocycles. The second-order valence-electron chi connectivity index (χ2n) is 11.8. The summed E-state index contributed by atoms with van der Waals surface area (Å²) >= 11 is 0. The van der Waals surface area contributed by atoms with E-state index in [0.717, 1.165) is 23.1 Å². The first-order chi connectivity index (χ1) is 23.7. The maximum atomic E-state index is 14.9. The highest BCUT2D eigenvalue weighted by atomic mass is 32.2. The second-order valence-corrected chi connectivity index (χ2v) is 13.3. The summed E-state index contributed by atoms with van der Waals surface area (Å²) in [7, 11) is -1.36. The highest BCUT2D eigenvalue weighted by Gasteiger charge is 2.28. The second kappa shape index (κ2) is 16.5. The van der Waals surface area contributed by atoms with Crippen LogP contribution in [-0.4, -0.2) is 76.8 Å². The van der Waals surface area contributed by atoms with Crippen LogP contribution in [0.15, 0.2) is 59.5 Å². The van der Waals surface area contributed by atoms with Crippen LogP contribution < -0.4 is 35.3 Å². The lowest BCUT2D eigenvalue weighted by Gasteiger charge is -2.26. The Labute approximate surface area is 289 Å². The number of hydrogen-bond acceptors (Lipinski definition) is 9. The van der Waals surface area contributed by atoms with E-state index < -0.39 is 68.4 Å². The first kappa shape index (κ1) is 37.6. The van der Waals surface area contributed by atoms with Crippen LogP contribution in [0.3, 0.4) is 0 Å². The number of hydrogen-bond donors (Lipinski definition) is 4. The number of methoxy groups -OCH3 is 2. The summed E-state index contributed by atoms with van der Waals surface area (Å²) in [5, 5.41) is 13.5. The van der Waals surface area contributed by atoms with Gasteiger partial charge in [-0.05, 0) is 67.3 Å². The average Bonchev–Trinajstić information content (AvgIpc) is 3.07. The standard InChI is InChI=1S/C34H40FN5O9S/c1-20(2)31-33(43)38-18-24-26(47-3)8-7-9-27(24)49-29-16-21(10-13-28(29)48-4)32(42)37-14-5-6-15-40(19-30(41)39-31)34(44)23-17-22(50(36,45)46)11-12-25(23)35/h7-13,16-17,20,31H,5-6,14-15,18-19H2,1-4H3,(H,37,42)(H,38,43)(H,39,41)(H2,36,45,46)/t31-/m1/s1. The lowest BCUT2D eigenvalue weighted by molar-refractivity contribution is -0.130. The number of amides is 4. The molecule has 50 heavy (non-hydrogen) atoms. The Morgan fingerprint density at radius 3 is 2.40 bits per heavy atom. The Kier molecular flexibility index (Phi) is 12.4. The van der Waals surface area contributed by atoms with Crippen LogP contribution in [0.4, 0.5) is 4.39 Å². The number of nitrogens with two attached hydrogens (primary N) is 1. The number of nitrogens with one attached hydrogen (secondary N) is 3. The van der Waals surface area contributed by atoms with Gasteiger partial charge in [-0.15, -0.1) is 0 Å². The topological polar surface area (TPSA) is 195 Å². The lowest BCUT2D eigenvalue weighted by atomic mass is 10.0. The summed E-state index contributed by atoms with van der Waals surface area (Å²) in [6.45, 7) is 2.90. The summed E-state index contributed by atoms with van der Waals surface area (Å²) in [6, 6.07) is 11.2. The molecule has 0 aliphatic carbocycles. The third kappa shape index (κ3) is 9.26. The number of fused-ring (bicyclic) bond motifs is 3. The first-order valence-corrected chi connectivity index (χ1v) is 17.3. The smallest absolute Gasteiger partial charge is 0.257 e. The molecule has 1 atom stereocenters. The van der Waals surface area contributed by atoms with Crippen molar-refractivity contribution in [3.63, 3.8) is 0 Å². The van der Waals surface area contributed by atoms with Gasteiger partial charge in [0.1, 0.15) is 23.4 Å². The number of carbonyl (C=O) groups excluding carboxylic acids is 4. The van der Waals surface area contributed by atoms with Crippen LogP contribution in [0.1, 0.15) is 53.0 Å². The number of rotatable bonds is 5. The number of nitrogens with zero attached hydrogens (tertiary/aromatic N) is 1. The third-order valence-electron chi connectivity index (χ3n) is 7.92. The van der Waals surface area contributed by atoms with Crippen molar-refractivity contribution in [1.82, 2.24) is 20.9 Å². The molecule has 4 rings (SSSR count). The molecule has 3 aromatic carbocycles. The van der Waals surface area contributed by atoms with E-state index in [1.807, 2.05) is 0 Å². The number of ether oxygens (including phenoxy) is 3. The molecular formula is C34H40FN5O9S. The van der Waals surface area contributed by atoms with Crippen molar-refractivity contribution in [2.45, 2.75) is 44.2 Å². The number of sulfonamides is 1. The Hall–Kier alpha value is -5.22. The van der Waals surface area contributed by atoms with E-state index in [9.17, 15) is 32.0 Å². The third-order valence-corrected chi connectivity index (χ3v) is 8.83. The molecule has 14 nitrogen and oxygen atoms in total. The quantitative estimate of drug-likeness (QED) is 0.308. The van der Waals surface area contributed by atoms with Crippen LogP contribution >= 0.6 is 0 Å². The van der Waals surface area contributed by atoms with E-state index in [2.05, 4.69) is 16.0 Å². The molecule has 0 saturated heterocycles. The maximum Gasteiger partial charge on any atom is 0.257 e. The van der Waals surface area contributed by atoms with Crippen LogP contribution in [0.25, 0.3) is 0 Å². The summed E-state index contributed by atoms with van der Waals surface area (Å²) in [5.41, 5.74) is 0.130. The minimum Gasteiger partial charge on any atom is -0.496 e. The molecule has 2 bridgehead atoms. The van der Waals surface area contributed by atoms with Crippen LogP contribution in [0.2, 0.25) is 0 Å². The van der Waals surface area contributed by atoms with Crippen molar-refractivity contribution < 1.29 is 46.2 Å². The lowest BCUT2D eigenvalue weighted by Crippen LogP contribution is -2.52. The molecule has 0 radical (unpaired) electrons. The van der Waals surface area contributed by atoms with E-state index in [1.54, 1.807) is 44.2 Å². The summed E-state index contributed by atoms with van der Waals surface area (Å²) < 4.78 is 55.9. The molecule has 0 saturated carbocycles. The van der Waals surface area contributed by atoms with Crippen molar-refractivity contribution >= 4 is 33.7 Å². The van der Waals surface area contributed by atoms with Gasteiger partial charge in [0, 0.05) is 18.7 Å². The number of primary sulfonamides is 1. The Morgan fingerprint density at radius 2 is 1.72 bits per heavy atom. The fourth-order valence-corrected chi connectivity index (χ4v) is 5.78. The fraction of sp³-hybridized carbons (Fsp3) is 0.353. The zero-order valence-corrected chi connectivity index (χ0v) is 28.9. The summed E-state index contributed by atoms with van der Waals surface area (Å²) in [6.07, 6.45) is 0.611. The molecular weight excluding hydrogens is 673 g/mol. The Morgan fingerprint density at radius 1 is 0.980 bits per heavy atom. The van der Waals surface area contributed by atoms with Gasteiger partial charge in [-0.1, -0.05) is 19.9 Å². The predicted octanol–water partition coefficient (Wildman–Crippen LogP) is 2.71. The molecule has 0 fully saturated rings. The Balaban J connectivity index is 1.70. The maximum absolute atomic E-state index is 14.9. The van der Waals surface area contributed by atoms with Gasteiger partial charge >= 0.3 is 0 Å². The van der Waals surface area contributed by atoms with E-state index >= 15 is 0 Å². The molecule has 268 valence electrons. The zero-order valence-electron chi connectivity index (χ0n) is 28.1. The van der Waals surface area contributed by atoms with E-state index in [-0.39, 0.29) is 37.4 Å². The molecule has 4 amide bonds. The minimum atomic E-state index is -4.27. The molecule has 3 aromatic rings. The molecule has 5 N–H and O–H groups in total. The first-order valence-electron chi connectivity index (χ1n) is 15.7. The average molecular weight is 714 g/mol. The van der Waals surface area contributed by atoms with E-state index in [4.69, 9.17) is 19.3 Å². The zero-order chi connectivity index (χ0) is 36.6. The van der Waals surface area contributed by atoms with Gasteiger partial charge in [-0.3, -0.25) is 19.2 Å². The molecule has 0 unspecified atom stereocenters. The fourth-order valence-electron chi connectivity index (χ4n) is 5.24. The van der Waals surface area contributed by atoms with Crippen LogP contribution in [-0.2, 0) is 26.2 Å². The molecule has 16 heteroatoms. The van der Waals surface area contributed by atoms with Crippen molar-refractivity contribution in [2.75, 3.05) is 33.9 Å². The van der Waals surface area contributed by atoms with Crippen molar-refractivity contribution in [2.24, 2.45) is 11.1 Å². The molecule has 1 heterocycles. The predicted molar refractivity (Wildman–Crippen MR) is 180 cm³/mol. The number of benzene rings is 3. The van der Waals surface area contributed by atoms with Crippen LogP contribution in [0.5, 0.6) is 23.0 Å². The minimum absolute atomic E-state index is 0.0726.